The van der Waals surface area contributed by atoms with Crippen LogP contribution in [0.3, 0.4) is 0 Å². The van der Waals surface area contributed by atoms with Crippen LogP contribution in [0.5, 0.6) is 0 Å². The number of carbonyl (C=O) groups is 1. The van der Waals surface area contributed by atoms with Crippen molar-refractivity contribution in [3.63, 3.8) is 0 Å². The van der Waals surface area contributed by atoms with E-state index in [1.165, 1.54) is 25.3 Å². The highest BCUT2D eigenvalue weighted by atomic mass is 19.1. The van der Waals surface area contributed by atoms with Gasteiger partial charge in [-0.25, -0.2) is 4.39 Å². The van der Waals surface area contributed by atoms with E-state index < -0.39 is 0 Å². The Bertz CT molecular complexity index is 635. The fourth-order valence-corrected chi connectivity index (χ4v) is 4.65. The quantitative estimate of drug-likeness (QED) is 0.872. The smallest absolute Gasteiger partial charge is 0.234 e. The maximum Gasteiger partial charge on any atom is 0.234 e. The molecule has 27 heavy (non-hydrogen) atoms. The number of nitrogens with zero attached hydrogens (tertiary/aromatic N) is 2. The molecule has 1 aliphatic heterocycles. The van der Waals surface area contributed by atoms with Crippen molar-refractivity contribution in [1.29, 1.82) is 0 Å². The Morgan fingerprint density at radius 3 is 2.44 bits per heavy atom. The number of anilines is 1. The summed E-state index contributed by atoms with van der Waals surface area (Å²) < 4.78 is 14.0. The van der Waals surface area contributed by atoms with Gasteiger partial charge in [-0.2, -0.15) is 0 Å². The standard InChI is InChI=1S/C22H34FN3O/c1-22(2,3)17-8-4-6-10-19(17)24-21(27)16-25-12-14-26(15-13-25)20-11-7-5-9-18(20)23/h5,7,9,11,17,19H,4,6,8,10,12-16H2,1-3H3,(H,24,27)/t17-,19-/m0/s1. The van der Waals surface area contributed by atoms with E-state index in [2.05, 4.69) is 35.9 Å². The van der Waals surface area contributed by atoms with Crippen molar-refractivity contribution in [3.05, 3.63) is 30.1 Å². The zero-order valence-electron chi connectivity index (χ0n) is 17.0. The average molecular weight is 376 g/mol. The highest BCUT2D eigenvalue weighted by molar-refractivity contribution is 5.78. The number of piperazine rings is 1. The van der Waals surface area contributed by atoms with Crippen molar-refractivity contribution >= 4 is 11.6 Å². The van der Waals surface area contributed by atoms with Gasteiger partial charge in [-0.15, -0.1) is 0 Å². The van der Waals surface area contributed by atoms with Gasteiger partial charge in [0.25, 0.3) is 0 Å². The Labute approximate surface area is 163 Å². The molecule has 2 fully saturated rings. The van der Waals surface area contributed by atoms with Crippen LogP contribution in [0.15, 0.2) is 24.3 Å². The van der Waals surface area contributed by atoms with Crippen LogP contribution >= 0.6 is 0 Å². The summed E-state index contributed by atoms with van der Waals surface area (Å²) in [6.07, 6.45) is 4.77. The molecule has 3 rings (SSSR count). The Balaban J connectivity index is 1.49. The van der Waals surface area contributed by atoms with Gasteiger partial charge in [-0.3, -0.25) is 9.69 Å². The van der Waals surface area contributed by atoms with Gasteiger partial charge >= 0.3 is 0 Å². The number of amides is 1. The number of hydrogen-bond donors (Lipinski definition) is 1. The van der Waals surface area contributed by atoms with Crippen LogP contribution in [0.4, 0.5) is 10.1 Å². The van der Waals surface area contributed by atoms with Crippen LogP contribution in [0.2, 0.25) is 0 Å². The summed E-state index contributed by atoms with van der Waals surface area (Å²) in [4.78, 5) is 16.9. The fourth-order valence-electron chi connectivity index (χ4n) is 4.65. The van der Waals surface area contributed by atoms with Crippen LogP contribution in [-0.4, -0.2) is 49.6 Å². The number of hydrogen-bond acceptors (Lipinski definition) is 3. The molecule has 0 spiro atoms. The number of para-hydroxylation sites is 1. The average Bonchev–Trinajstić information content (AvgIpc) is 2.62. The van der Waals surface area contributed by atoms with E-state index in [1.54, 1.807) is 6.07 Å². The Morgan fingerprint density at radius 1 is 1.11 bits per heavy atom. The summed E-state index contributed by atoms with van der Waals surface area (Å²) in [5, 5.41) is 3.32. The van der Waals surface area contributed by atoms with Crippen LogP contribution in [-0.2, 0) is 4.79 Å². The summed E-state index contributed by atoms with van der Waals surface area (Å²) in [7, 11) is 0. The first-order valence-corrected chi connectivity index (χ1v) is 10.4. The van der Waals surface area contributed by atoms with Gasteiger partial charge in [0.2, 0.25) is 5.91 Å². The first kappa shape index (κ1) is 20.1. The molecule has 1 saturated carbocycles. The largest absolute Gasteiger partial charge is 0.367 e. The second kappa shape index (κ2) is 8.59. The van der Waals surface area contributed by atoms with Gasteiger partial charge in [-0.05, 0) is 36.3 Å². The molecule has 5 heteroatoms. The molecular weight excluding hydrogens is 341 g/mol. The minimum absolute atomic E-state index is 0.135. The number of rotatable bonds is 4. The Morgan fingerprint density at radius 2 is 1.78 bits per heavy atom. The molecule has 2 aliphatic rings. The molecular formula is C22H34FN3O. The molecule has 1 saturated heterocycles. The van der Waals surface area contributed by atoms with E-state index in [9.17, 15) is 9.18 Å². The summed E-state index contributed by atoms with van der Waals surface area (Å²) in [5.41, 5.74) is 0.890. The molecule has 0 bridgehead atoms. The van der Waals surface area contributed by atoms with Crippen molar-refractivity contribution in [3.8, 4) is 0 Å². The predicted octanol–water partition coefficient (Wildman–Crippen LogP) is 3.67. The predicted molar refractivity (Wildman–Crippen MR) is 108 cm³/mol. The van der Waals surface area contributed by atoms with E-state index in [-0.39, 0.29) is 17.1 Å². The topological polar surface area (TPSA) is 35.6 Å². The van der Waals surface area contributed by atoms with Gasteiger partial charge in [0.1, 0.15) is 5.82 Å². The highest BCUT2D eigenvalue weighted by Gasteiger charge is 2.35. The maximum atomic E-state index is 14.0. The molecule has 0 unspecified atom stereocenters. The summed E-state index contributed by atoms with van der Waals surface area (Å²) in [6, 6.07) is 7.22. The van der Waals surface area contributed by atoms with E-state index >= 15 is 0 Å². The molecule has 0 aromatic heterocycles. The first-order valence-electron chi connectivity index (χ1n) is 10.4. The lowest BCUT2D eigenvalue weighted by atomic mass is 9.69. The number of halogens is 1. The molecule has 1 heterocycles. The van der Waals surface area contributed by atoms with Gasteiger partial charge < -0.3 is 10.2 Å². The number of nitrogens with one attached hydrogen (secondary N) is 1. The summed E-state index contributed by atoms with van der Waals surface area (Å²) >= 11 is 0. The molecule has 150 valence electrons. The summed E-state index contributed by atoms with van der Waals surface area (Å²) in [6.45, 7) is 10.4. The van der Waals surface area contributed by atoms with Crippen molar-refractivity contribution < 1.29 is 9.18 Å². The van der Waals surface area contributed by atoms with Crippen molar-refractivity contribution in [2.75, 3.05) is 37.6 Å². The molecule has 1 aromatic rings. The molecule has 4 nitrogen and oxygen atoms in total. The van der Waals surface area contributed by atoms with Crippen LogP contribution in [0.25, 0.3) is 0 Å². The summed E-state index contributed by atoms with van der Waals surface area (Å²) in [5.74, 6) is 0.512. The number of benzene rings is 1. The van der Waals surface area contributed by atoms with E-state index in [0.29, 0.717) is 24.2 Å². The molecule has 2 atom stereocenters. The second-order valence-corrected chi connectivity index (χ2v) is 9.15. The monoisotopic (exact) mass is 375 g/mol. The van der Waals surface area contributed by atoms with Gasteiger partial charge in [-0.1, -0.05) is 45.7 Å². The van der Waals surface area contributed by atoms with Crippen LogP contribution in [0.1, 0.15) is 46.5 Å². The SMILES string of the molecule is CC(C)(C)[C@H]1CCCC[C@@H]1NC(=O)CN1CCN(c2ccccc2F)CC1. The van der Waals surface area contributed by atoms with Gasteiger partial charge in [0, 0.05) is 32.2 Å². The molecule has 1 aliphatic carbocycles. The lowest BCUT2D eigenvalue weighted by Gasteiger charge is -2.41. The van der Waals surface area contributed by atoms with Gasteiger partial charge in [0.15, 0.2) is 0 Å². The Kier molecular flexibility index (Phi) is 6.40. The number of carbonyl (C=O) groups excluding carboxylic acids is 1. The molecule has 1 amide bonds. The zero-order valence-corrected chi connectivity index (χ0v) is 17.0. The highest BCUT2D eigenvalue weighted by Crippen LogP contribution is 2.38. The Hall–Kier alpha value is -1.62. The van der Waals surface area contributed by atoms with Crippen LogP contribution in [0, 0.1) is 17.2 Å². The molecule has 1 N–H and O–H groups in total. The first-order chi connectivity index (χ1) is 12.8. The van der Waals surface area contributed by atoms with Crippen molar-refractivity contribution in [2.24, 2.45) is 11.3 Å². The molecule has 1 aromatic carbocycles. The lowest BCUT2D eigenvalue weighted by Crippen LogP contribution is -2.53. The van der Waals surface area contributed by atoms with Crippen molar-refractivity contribution in [2.45, 2.75) is 52.5 Å². The van der Waals surface area contributed by atoms with Crippen molar-refractivity contribution in [1.82, 2.24) is 10.2 Å². The lowest BCUT2D eigenvalue weighted by molar-refractivity contribution is -0.124. The third-order valence-electron chi connectivity index (χ3n) is 6.16. The normalized spacial score (nSPS) is 24.7. The fraction of sp³-hybridized carbons (Fsp3) is 0.682. The third kappa shape index (κ3) is 5.22. The third-order valence-corrected chi connectivity index (χ3v) is 6.16. The van der Waals surface area contributed by atoms with E-state index in [4.69, 9.17) is 0 Å². The maximum absolute atomic E-state index is 14.0. The van der Waals surface area contributed by atoms with Gasteiger partial charge in [0.05, 0.1) is 12.2 Å². The molecule has 0 radical (unpaired) electrons. The minimum Gasteiger partial charge on any atom is -0.367 e. The second-order valence-electron chi connectivity index (χ2n) is 9.15. The van der Waals surface area contributed by atoms with E-state index in [0.717, 1.165) is 32.6 Å². The van der Waals surface area contributed by atoms with E-state index in [1.807, 2.05) is 12.1 Å². The zero-order chi connectivity index (χ0) is 19.4. The minimum atomic E-state index is -0.172. The van der Waals surface area contributed by atoms with Crippen LogP contribution < -0.4 is 10.2 Å².